The van der Waals surface area contributed by atoms with Gasteiger partial charge in [-0.2, -0.15) is 0 Å². The van der Waals surface area contributed by atoms with Gasteiger partial charge in [-0.3, -0.25) is 14.5 Å². The van der Waals surface area contributed by atoms with Crippen LogP contribution in [0.4, 0.5) is 10.1 Å². The van der Waals surface area contributed by atoms with E-state index in [-0.39, 0.29) is 17.0 Å². The van der Waals surface area contributed by atoms with E-state index >= 15 is 0 Å². The molecule has 0 bridgehead atoms. The number of carbonyl (C=O) groups excluding carboxylic acids is 2. The van der Waals surface area contributed by atoms with Crippen molar-refractivity contribution < 1.29 is 19.1 Å². The number of benzene rings is 3. The molecule has 2 aliphatic rings. The van der Waals surface area contributed by atoms with Gasteiger partial charge in [0.15, 0.2) is 0 Å². The number of carbonyl (C=O) groups is 2. The van der Waals surface area contributed by atoms with Crippen LogP contribution in [0.3, 0.4) is 0 Å². The smallest absolute Gasteiger partial charge is 0.300 e. The van der Waals surface area contributed by atoms with Gasteiger partial charge in [0.05, 0.1) is 11.6 Å². The Bertz CT molecular complexity index is 1250. The summed E-state index contributed by atoms with van der Waals surface area (Å²) in [5, 5.41) is 11.3. The maximum absolute atomic E-state index is 14.0. The van der Waals surface area contributed by atoms with Crippen molar-refractivity contribution in [3.05, 3.63) is 106 Å². The minimum atomic E-state index is -0.853. The molecule has 160 valence electrons. The first-order chi connectivity index (χ1) is 15.5. The third kappa shape index (κ3) is 3.40. The summed E-state index contributed by atoms with van der Waals surface area (Å²) in [6, 6.07) is 19.5. The van der Waals surface area contributed by atoms with Gasteiger partial charge in [0.1, 0.15) is 11.6 Å². The molecule has 5 rings (SSSR count). The molecule has 32 heavy (non-hydrogen) atoms. The standard InChI is InChI=1S/C27H22FNO3/c28-21-11-6-12-22(16-21)29-24(18-8-2-1-3-9-18)23(26(31)27(29)32)25(30)20-14-13-17-7-4-5-10-19(17)15-20/h1-3,6,8-9,11-16,24,30H,4-5,7,10H2/b25-23-. The molecule has 1 saturated heterocycles. The van der Waals surface area contributed by atoms with Crippen LogP contribution >= 0.6 is 0 Å². The van der Waals surface area contributed by atoms with Gasteiger partial charge in [0, 0.05) is 11.3 Å². The molecule has 0 spiro atoms. The Morgan fingerprint density at radius 3 is 2.38 bits per heavy atom. The van der Waals surface area contributed by atoms with Crippen molar-refractivity contribution in [1.29, 1.82) is 0 Å². The van der Waals surface area contributed by atoms with Crippen molar-refractivity contribution in [2.45, 2.75) is 31.7 Å². The molecule has 5 heteroatoms. The second-order valence-electron chi connectivity index (χ2n) is 8.25. The Labute approximate surface area is 185 Å². The molecule has 1 aliphatic heterocycles. The van der Waals surface area contributed by atoms with Gasteiger partial charge in [-0.15, -0.1) is 0 Å². The van der Waals surface area contributed by atoms with Crippen LogP contribution in [0.15, 0.2) is 78.4 Å². The van der Waals surface area contributed by atoms with Crippen LogP contribution in [0.25, 0.3) is 5.76 Å². The average Bonchev–Trinajstić information content (AvgIpc) is 3.09. The van der Waals surface area contributed by atoms with Crippen molar-refractivity contribution in [2.24, 2.45) is 0 Å². The highest BCUT2D eigenvalue weighted by atomic mass is 19.1. The second-order valence-corrected chi connectivity index (χ2v) is 8.25. The maximum atomic E-state index is 14.0. The molecule has 4 nitrogen and oxygen atoms in total. The van der Waals surface area contributed by atoms with E-state index in [1.54, 1.807) is 36.4 Å². The number of rotatable bonds is 3. The molecule has 0 aromatic heterocycles. The highest BCUT2D eigenvalue weighted by Gasteiger charge is 2.47. The van der Waals surface area contributed by atoms with Crippen LogP contribution in [0, 0.1) is 5.82 Å². The van der Waals surface area contributed by atoms with Crippen LogP contribution in [0.1, 0.15) is 41.1 Å². The minimum absolute atomic E-state index is 0.0150. The zero-order valence-corrected chi connectivity index (χ0v) is 17.4. The third-order valence-corrected chi connectivity index (χ3v) is 6.27. The quantitative estimate of drug-likeness (QED) is 0.349. The summed E-state index contributed by atoms with van der Waals surface area (Å²) in [6.07, 6.45) is 4.16. The Morgan fingerprint density at radius 1 is 0.875 bits per heavy atom. The fourth-order valence-corrected chi connectivity index (χ4v) is 4.71. The van der Waals surface area contributed by atoms with Gasteiger partial charge < -0.3 is 5.11 Å². The van der Waals surface area contributed by atoms with Crippen molar-refractivity contribution in [1.82, 2.24) is 0 Å². The summed E-state index contributed by atoms with van der Waals surface area (Å²) >= 11 is 0. The lowest BCUT2D eigenvalue weighted by Gasteiger charge is -2.25. The van der Waals surface area contributed by atoms with Crippen LogP contribution in [-0.2, 0) is 22.4 Å². The number of halogens is 1. The monoisotopic (exact) mass is 427 g/mol. The van der Waals surface area contributed by atoms with E-state index in [0.29, 0.717) is 11.1 Å². The molecule has 1 fully saturated rings. The molecule has 1 amide bonds. The lowest BCUT2D eigenvalue weighted by atomic mass is 9.88. The normalized spacial score (nSPS) is 19.8. The molecule has 1 N–H and O–H groups in total. The molecule has 1 aliphatic carbocycles. The first-order valence-corrected chi connectivity index (χ1v) is 10.8. The van der Waals surface area contributed by atoms with Crippen LogP contribution in [0.5, 0.6) is 0 Å². The molecule has 0 saturated carbocycles. The van der Waals surface area contributed by atoms with E-state index in [2.05, 4.69) is 0 Å². The highest BCUT2D eigenvalue weighted by Crippen LogP contribution is 2.42. The molecule has 1 unspecified atom stereocenters. The molecular weight excluding hydrogens is 405 g/mol. The van der Waals surface area contributed by atoms with Gasteiger partial charge in [-0.05, 0) is 66.6 Å². The Hall–Kier alpha value is -3.73. The number of hydrogen-bond donors (Lipinski definition) is 1. The number of aliphatic hydroxyl groups excluding tert-OH is 1. The summed E-state index contributed by atoms with van der Waals surface area (Å²) in [5.74, 6) is -2.28. The van der Waals surface area contributed by atoms with E-state index < -0.39 is 23.5 Å². The fraction of sp³-hybridized carbons (Fsp3) is 0.185. The SMILES string of the molecule is O=C1C(=O)N(c2cccc(F)c2)C(c2ccccc2)/C1=C(/O)c1ccc2c(c1)CCCC2. The molecule has 1 atom stereocenters. The zero-order chi connectivity index (χ0) is 22.2. The summed E-state index contributed by atoms with van der Waals surface area (Å²) in [6.45, 7) is 0. The summed E-state index contributed by atoms with van der Waals surface area (Å²) in [5.41, 5.74) is 3.88. The predicted octanol–water partition coefficient (Wildman–Crippen LogP) is 5.33. The minimum Gasteiger partial charge on any atom is -0.507 e. The number of anilines is 1. The molecule has 0 radical (unpaired) electrons. The number of aryl methyl sites for hydroxylation is 2. The van der Waals surface area contributed by atoms with Crippen molar-refractivity contribution in [3.63, 3.8) is 0 Å². The maximum Gasteiger partial charge on any atom is 0.300 e. The largest absolute Gasteiger partial charge is 0.507 e. The number of ketones is 1. The number of hydrogen-bond acceptors (Lipinski definition) is 3. The lowest BCUT2D eigenvalue weighted by Crippen LogP contribution is -2.29. The summed E-state index contributed by atoms with van der Waals surface area (Å²) < 4.78 is 14.0. The number of amides is 1. The number of aliphatic hydroxyl groups is 1. The third-order valence-electron chi connectivity index (χ3n) is 6.27. The number of fused-ring (bicyclic) bond motifs is 1. The fourth-order valence-electron chi connectivity index (χ4n) is 4.71. The molecule has 3 aromatic carbocycles. The predicted molar refractivity (Wildman–Crippen MR) is 121 cm³/mol. The zero-order valence-electron chi connectivity index (χ0n) is 17.4. The van der Waals surface area contributed by atoms with Crippen LogP contribution in [0.2, 0.25) is 0 Å². The van der Waals surface area contributed by atoms with Gasteiger partial charge in [0.2, 0.25) is 0 Å². The van der Waals surface area contributed by atoms with Gasteiger partial charge >= 0.3 is 0 Å². The number of nitrogens with zero attached hydrogens (tertiary/aromatic N) is 1. The van der Waals surface area contributed by atoms with Crippen LogP contribution in [-0.4, -0.2) is 16.8 Å². The van der Waals surface area contributed by atoms with E-state index in [1.807, 2.05) is 18.2 Å². The van der Waals surface area contributed by atoms with Gasteiger partial charge in [-0.25, -0.2) is 4.39 Å². The Kier molecular flexibility index (Phi) is 5.10. The topological polar surface area (TPSA) is 57.6 Å². The summed E-state index contributed by atoms with van der Waals surface area (Å²) in [4.78, 5) is 27.5. The molecule has 3 aromatic rings. The van der Waals surface area contributed by atoms with Crippen molar-refractivity contribution in [3.8, 4) is 0 Å². The van der Waals surface area contributed by atoms with E-state index in [0.717, 1.165) is 31.2 Å². The van der Waals surface area contributed by atoms with Crippen molar-refractivity contribution >= 4 is 23.1 Å². The van der Waals surface area contributed by atoms with Crippen molar-refractivity contribution in [2.75, 3.05) is 4.90 Å². The second kappa shape index (κ2) is 8.08. The first kappa shape index (κ1) is 20.2. The number of Topliss-reactive ketones (excluding diaryl/α,β-unsaturated/α-hetero) is 1. The van der Waals surface area contributed by atoms with Gasteiger partial charge in [-0.1, -0.05) is 48.5 Å². The molecule has 1 heterocycles. The average molecular weight is 427 g/mol. The Morgan fingerprint density at radius 2 is 1.62 bits per heavy atom. The Balaban J connectivity index is 1.69. The van der Waals surface area contributed by atoms with E-state index in [1.165, 1.54) is 28.7 Å². The van der Waals surface area contributed by atoms with Gasteiger partial charge in [0.25, 0.3) is 11.7 Å². The lowest BCUT2D eigenvalue weighted by molar-refractivity contribution is -0.132. The first-order valence-electron chi connectivity index (χ1n) is 10.8. The highest BCUT2D eigenvalue weighted by molar-refractivity contribution is 6.51. The van der Waals surface area contributed by atoms with Crippen LogP contribution < -0.4 is 4.90 Å². The summed E-state index contributed by atoms with van der Waals surface area (Å²) in [7, 11) is 0. The molecular formula is C27H22FNO3. The van der Waals surface area contributed by atoms with E-state index in [9.17, 15) is 19.1 Å². The van der Waals surface area contributed by atoms with E-state index in [4.69, 9.17) is 0 Å².